The van der Waals surface area contributed by atoms with Gasteiger partial charge in [0.2, 0.25) is 0 Å². The molecule has 0 amide bonds. The molecule has 0 bridgehead atoms. The van der Waals surface area contributed by atoms with E-state index in [2.05, 4.69) is 12.2 Å². The number of halogens is 2. The van der Waals surface area contributed by atoms with Crippen LogP contribution in [0.2, 0.25) is 0 Å². The predicted octanol–water partition coefficient (Wildman–Crippen LogP) is 1.21. The van der Waals surface area contributed by atoms with Crippen LogP contribution in [0.15, 0.2) is 0 Å². The summed E-state index contributed by atoms with van der Waals surface area (Å²) in [6.07, 6.45) is 0. The van der Waals surface area contributed by atoms with E-state index in [1.54, 1.807) is 0 Å². The van der Waals surface area contributed by atoms with Gasteiger partial charge in [-0.15, -0.1) is 0 Å². The van der Waals surface area contributed by atoms with E-state index in [0.717, 1.165) is 0 Å². The summed E-state index contributed by atoms with van der Waals surface area (Å²) in [4.78, 5) is 0. The predicted molar refractivity (Wildman–Crippen MR) is 14.8 cm³/mol. The number of thiocarbonyl (C=S) groups is 1. The van der Waals surface area contributed by atoms with E-state index < -0.39 is 5.37 Å². The van der Waals surface area contributed by atoms with Crippen molar-refractivity contribution in [1.82, 2.24) is 0 Å². The van der Waals surface area contributed by atoms with Crippen molar-refractivity contribution in [2.75, 3.05) is 0 Å². The second-order valence-corrected chi connectivity index (χ2v) is 0.534. The fraction of sp³-hybridized carbons (Fsp3) is 0. The molecule has 0 aliphatic rings. The summed E-state index contributed by atoms with van der Waals surface area (Å²) in [7, 11) is 0. The quantitative estimate of drug-likeness (QED) is 0.312. The van der Waals surface area contributed by atoms with Crippen molar-refractivity contribution in [2.45, 2.75) is 0 Å². The molecule has 0 N–H and O–H groups in total. The van der Waals surface area contributed by atoms with Gasteiger partial charge in [0.25, 0.3) is 0 Å². The molecular weight excluding hydrogens is 82.1 g/mol. The average molecular weight is 82.1 g/mol. The Labute approximate surface area is 27.4 Å². The standard InChI is InChI=1S/CF2S/c2-1(3)4. The zero-order chi connectivity index (χ0) is 3.58. The highest BCUT2D eigenvalue weighted by atomic mass is 32.1. The van der Waals surface area contributed by atoms with Crippen LogP contribution in [0.3, 0.4) is 0 Å². The van der Waals surface area contributed by atoms with E-state index in [0.29, 0.717) is 0 Å². The Morgan fingerprint density at radius 3 is 1.50 bits per heavy atom. The summed E-state index contributed by atoms with van der Waals surface area (Å²) in [6, 6.07) is 0. The highest BCUT2D eigenvalue weighted by Crippen LogP contribution is 1.72. The Balaban J connectivity index is 2.80. The largest absolute Gasteiger partial charge is 0.334 e. The van der Waals surface area contributed by atoms with Crippen LogP contribution >= 0.6 is 12.2 Å². The molecular formula is CF2S. The lowest BCUT2D eigenvalue weighted by Crippen LogP contribution is -1.53. The van der Waals surface area contributed by atoms with Crippen LogP contribution in [-0.4, -0.2) is 5.37 Å². The zero-order valence-electron chi connectivity index (χ0n) is 1.66. The Hall–Kier alpha value is -0.0500. The van der Waals surface area contributed by atoms with Crippen LogP contribution in [0.25, 0.3) is 0 Å². The molecule has 0 rings (SSSR count). The fourth-order valence-corrected chi connectivity index (χ4v) is 0. The molecule has 0 aromatic rings. The minimum atomic E-state index is -2.00. The Kier molecular flexibility index (Phi) is 1.27. The van der Waals surface area contributed by atoms with Crippen molar-refractivity contribution in [3.05, 3.63) is 0 Å². The van der Waals surface area contributed by atoms with Gasteiger partial charge in [-0.05, 0) is 12.2 Å². The van der Waals surface area contributed by atoms with Gasteiger partial charge in [0.1, 0.15) is 0 Å². The Morgan fingerprint density at radius 2 is 1.50 bits per heavy atom. The second-order valence-electron chi connectivity index (χ2n) is 0.226. The van der Waals surface area contributed by atoms with Crippen LogP contribution < -0.4 is 0 Å². The SMILES string of the molecule is FC(F)=S. The van der Waals surface area contributed by atoms with Crippen molar-refractivity contribution < 1.29 is 8.78 Å². The highest BCUT2D eigenvalue weighted by molar-refractivity contribution is 7.79. The van der Waals surface area contributed by atoms with Crippen LogP contribution in [-0.2, 0) is 0 Å². The molecule has 0 aliphatic carbocycles. The molecule has 0 saturated carbocycles. The third kappa shape index (κ3) is 704. The van der Waals surface area contributed by atoms with Crippen molar-refractivity contribution >= 4 is 17.6 Å². The maximum absolute atomic E-state index is 10.1. The smallest absolute Gasteiger partial charge is 0.160 e. The van der Waals surface area contributed by atoms with Gasteiger partial charge in [-0.1, -0.05) is 0 Å². The first-order valence-electron chi connectivity index (χ1n) is 0.582. The Morgan fingerprint density at radius 1 is 1.50 bits per heavy atom. The van der Waals surface area contributed by atoms with Crippen LogP contribution in [0.5, 0.6) is 0 Å². The molecule has 0 spiro atoms. The van der Waals surface area contributed by atoms with E-state index in [9.17, 15) is 8.78 Å². The molecule has 0 aromatic carbocycles. The molecule has 0 nitrogen and oxygen atoms in total. The molecule has 0 atom stereocenters. The minimum absolute atomic E-state index is 2.00. The Bertz CT molecular complexity index is 29.0. The van der Waals surface area contributed by atoms with E-state index >= 15 is 0 Å². The van der Waals surface area contributed by atoms with Crippen LogP contribution in [0, 0.1) is 0 Å². The van der Waals surface area contributed by atoms with Crippen molar-refractivity contribution in [2.24, 2.45) is 0 Å². The van der Waals surface area contributed by atoms with Gasteiger partial charge in [-0.25, -0.2) is 0 Å². The van der Waals surface area contributed by atoms with Crippen LogP contribution in [0.4, 0.5) is 8.78 Å². The second kappa shape index (κ2) is 1.29. The van der Waals surface area contributed by atoms with E-state index in [4.69, 9.17) is 0 Å². The first-order chi connectivity index (χ1) is 1.73. The van der Waals surface area contributed by atoms with E-state index in [-0.39, 0.29) is 0 Å². The third-order valence-corrected chi connectivity index (χ3v) is 0. The molecule has 24 valence electrons. The van der Waals surface area contributed by atoms with E-state index in [1.807, 2.05) is 0 Å². The van der Waals surface area contributed by atoms with E-state index in [1.165, 1.54) is 0 Å². The lowest BCUT2D eigenvalue weighted by molar-refractivity contribution is 0.643. The number of hydrogen-bond acceptors (Lipinski definition) is 1. The fourth-order valence-electron chi connectivity index (χ4n) is 0. The first kappa shape index (κ1) is 3.95. The van der Waals surface area contributed by atoms with Crippen molar-refractivity contribution in [1.29, 1.82) is 0 Å². The maximum atomic E-state index is 10.1. The molecule has 0 fully saturated rings. The minimum Gasteiger partial charge on any atom is -0.160 e. The van der Waals surface area contributed by atoms with Gasteiger partial charge in [0.15, 0.2) is 0 Å². The van der Waals surface area contributed by atoms with Gasteiger partial charge in [-0.2, -0.15) is 8.78 Å². The monoisotopic (exact) mass is 82.0 g/mol. The average Bonchev–Trinajstić information content (AvgIpc) is 0.811. The molecule has 3 heteroatoms. The summed E-state index contributed by atoms with van der Waals surface area (Å²) in [5, 5.41) is -2.00. The lowest BCUT2D eigenvalue weighted by Gasteiger charge is -1.50. The zero-order valence-corrected chi connectivity index (χ0v) is 2.48. The number of hydrogen-bond donors (Lipinski definition) is 0. The van der Waals surface area contributed by atoms with Gasteiger partial charge >= 0.3 is 5.37 Å². The summed E-state index contributed by atoms with van der Waals surface area (Å²) in [5.41, 5.74) is 0. The van der Waals surface area contributed by atoms with Gasteiger partial charge in [-0.3, -0.25) is 0 Å². The summed E-state index contributed by atoms with van der Waals surface area (Å²) >= 11 is 3.20. The summed E-state index contributed by atoms with van der Waals surface area (Å²) < 4.78 is 20.1. The van der Waals surface area contributed by atoms with Crippen molar-refractivity contribution in [3.8, 4) is 0 Å². The molecule has 4 heavy (non-hydrogen) atoms. The molecule has 0 saturated heterocycles. The molecule has 0 aromatic heterocycles. The highest BCUT2D eigenvalue weighted by Gasteiger charge is 1.70. The summed E-state index contributed by atoms with van der Waals surface area (Å²) in [5.74, 6) is 0. The number of rotatable bonds is 0. The normalized spacial score (nSPS) is 6.50. The van der Waals surface area contributed by atoms with Gasteiger partial charge in [0.05, 0.1) is 0 Å². The summed E-state index contributed by atoms with van der Waals surface area (Å²) in [6.45, 7) is 0. The molecule has 0 heterocycles. The maximum Gasteiger partial charge on any atom is 0.334 e. The third-order valence-electron chi connectivity index (χ3n) is 0. The molecule has 0 radical (unpaired) electrons. The van der Waals surface area contributed by atoms with Crippen molar-refractivity contribution in [3.63, 3.8) is 0 Å². The first-order valence-corrected chi connectivity index (χ1v) is 0.990. The van der Waals surface area contributed by atoms with Crippen LogP contribution in [0.1, 0.15) is 0 Å². The van der Waals surface area contributed by atoms with Gasteiger partial charge in [0, 0.05) is 0 Å². The van der Waals surface area contributed by atoms with Gasteiger partial charge < -0.3 is 0 Å². The lowest BCUT2D eigenvalue weighted by atomic mass is 11.7. The molecule has 0 unspecified atom stereocenters. The molecule has 0 aliphatic heterocycles. The topological polar surface area (TPSA) is 0 Å².